The van der Waals surface area contributed by atoms with Gasteiger partial charge in [0.1, 0.15) is 5.60 Å². The molecule has 1 rings (SSSR count). The largest absolute Gasteiger partial charge is 0.516 e. The molecular weight excluding hydrogens is 212 g/mol. The molecule has 1 aliphatic heterocycles. The van der Waals surface area contributed by atoms with E-state index in [2.05, 4.69) is 4.74 Å². The molecule has 1 aliphatic rings. The van der Waals surface area contributed by atoms with Crippen molar-refractivity contribution in [2.75, 3.05) is 13.2 Å². The summed E-state index contributed by atoms with van der Waals surface area (Å²) in [6.45, 7) is 6.12. The van der Waals surface area contributed by atoms with Gasteiger partial charge in [-0.15, -0.1) is 0 Å². The van der Waals surface area contributed by atoms with E-state index in [0.717, 1.165) is 6.42 Å². The number of ether oxygens (including phenoxy) is 3. The van der Waals surface area contributed by atoms with Crippen molar-refractivity contribution in [3.05, 3.63) is 0 Å². The van der Waals surface area contributed by atoms with E-state index < -0.39 is 17.7 Å². The molecule has 5 heteroatoms. The van der Waals surface area contributed by atoms with Crippen LogP contribution in [-0.2, 0) is 19.0 Å². The van der Waals surface area contributed by atoms with Gasteiger partial charge >= 0.3 is 12.1 Å². The highest BCUT2D eigenvalue weighted by atomic mass is 16.7. The van der Waals surface area contributed by atoms with Gasteiger partial charge in [0.2, 0.25) is 0 Å². The van der Waals surface area contributed by atoms with E-state index in [9.17, 15) is 9.59 Å². The molecule has 16 heavy (non-hydrogen) atoms. The fourth-order valence-electron chi connectivity index (χ4n) is 1.36. The maximum absolute atomic E-state index is 11.5. The fraction of sp³-hybridized carbons (Fsp3) is 0.818. The molecule has 1 heterocycles. The van der Waals surface area contributed by atoms with Crippen molar-refractivity contribution in [3.63, 3.8) is 0 Å². The van der Waals surface area contributed by atoms with Gasteiger partial charge in [0.25, 0.3) is 0 Å². The molecule has 5 nitrogen and oxygen atoms in total. The van der Waals surface area contributed by atoms with Crippen molar-refractivity contribution >= 4 is 12.1 Å². The van der Waals surface area contributed by atoms with Crippen LogP contribution in [0.5, 0.6) is 0 Å². The van der Waals surface area contributed by atoms with Crippen LogP contribution < -0.4 is 0 Å². The minimum atomic E-state index is -0.942. The average Bonchev–Trinajstić information content (AvgIpc) is 2.16. The highest BCUT2D eigenvalue weighted by molar-refractivity contribution is 5.83. The Morgan fingerprint density at radius 2 is 2.00 bits per heavy atom. The molecule has 0 amide bonds. The van der Waals surface area contributed by atoms with E-state index in [0.29, 0.717) is 19.6 Å². The summed E-state index contributed by atoms with van der Waals surface area (Å²) in [4.78, 5) is 22.7. The predicted molar refractivity (Wildman–Crippen MR) is 55.9 cm³/mol. The quantitative estimate of drug-likeness (QED) is 0.508. The molecular formula is C11H18O5. The normalized spacial score (nSPS) is 21.3. The van der Waals surface area contributed by atoms with Gasteiger partial charge < -0.3 is 14.2 Å². The zero-order chi connectivity index (χ0) is 12.2. The minimum absolute atomic E-state index is 0.321. The van der Waals surface area contributed by atoms with Gasteiger partial charge in [-0.2, -0.15) is 0 Å². The highest BCUT2D eigenvalue weighted by Gasteiger charge is 2.27. The van der Waals surface area contributed by atoms with Crippen molar-refractivity contribution in [2.24, 2.45) is 5.92 Å². The Bertz CT molecular complexity index is 260. The summed E-state index contributed by atoms with van der Waals surface area (Å²) in [5, 5.41) is 0. The first kappa shape index (κ1) is 13.0. The van der Waals surface area contributed by atoms with Gasteiger partial charge in [-0.1, -0.05) is 0 Å². The molecule has 1 fully saturated rings. The number of esters is 1. The van der Waals surface area contributed by atoms with Crippen molar-refractivity contribution in [1.29, 1.82) is 0 Å². The van der Waals surface area contributed by atoms with Gasteiger partial charge in [-0.25, -0.2) is 4.79 Å². The average molecular weight is 230 g/mol. The van der Waals surface area contributed by atoms with Crippen LogP contribution in [0.2, 0.25) is 0 Å². The molecule has 0 aromatic rings. The van der Waals surface area contributed by atoms with Crippen LogP contribution in [0.4, 0.5) is 4.79 Å². The van der Waals surface area contributed by atoms with Gasteiger partial charge in [0, 0.05) is 6.61 Å². The van der Waals surface area contributed by atoms with Crippen molar-refractivity contribution in [3.8, 4) is 0 Å². The Hall–Kier alpha value is -1.10. The summed E-state index contributed by atoms with van der Waals surface area (Å²) < 4.78 is 14.6. The fourth-order valence-corrected chi connectivity index (χ4v) is 1.36. The van der Waals surface area contributed by atoms with Gasteiger partial charge in [-0.3, -0.25) is 4.79 Å². The first-order valence-electron chi connectivity index (χ1n) is 5.41. The van der Waals surface area contributed by atoms with Crippen LogP contribution in [0, 0.1) is 5.92 Å². The van der Waals surface area contributed by atoms with Gasteiger partial charge in [0.15, 0.2) is 0 Å². The monoisotopic (exact) mass is 230 g/mol. The molecule has 0 spiro atoms. The molecule has 0 N–H and O–H groups in total. The molecule has 1 atom stereocenters. The van der Waals surface area contributed by atoms with Crippen molar-refractivity contribution in [2.45, 2.75) is 39.2 Å². The maximum Gasteiger partial charge on any atom is 0.516 e. The molecule has 1 saturated heterocycles. The topological polar surface area (TPSA) is 61.8 Å². The van der Waals surface area contributed by atoms with Crippen LogP contribution in [-0.4, -0.2) is 30.9 Å². The third kappa shape index (κ3) is 4.61. The Kier molecular flexibility index (Phi) is 4.29. The smallest absolute Gasteiger partial charge is 0.428 e. The first-order valence-corrected chi connectivity index (χ1v) is 5.41. The number of hydrogen-bond acceptors (Lipinski definition) is 5. The van der Waals surface area contributed by atoms with Crippen LogP contribution in [0.25, 0.3) is 0 Å². The lowest BCUT2D eigenvalue weighted by Gasteiger charge is -2.22. The summed E-state index contributed by atoms with van der Waals surface area (Å²) in [6, 6.07) is 0. The van der Waals surface area contributed by atoms with Gasteiger partial charge in [0.05, 0.1) is 12.5 Å². The van der Waals surface area contributed by atoms with Crippen molar-refractivity contribution < 1.29 is 23.8 Å². The predicted octanol–water partition coefficient (Wildman–Crippen LogP) is 1.89. The lowest BCUT2D eigenvalue weighted by atomic mass is 10.0. The van der Waals surface area contributed by atoms with Crippen LogP contribution >= 0.6 is 0 Å². The highest BCUT2D eigenvalue weighted by Crippen LogP contribution is 2.16. The Morgan fingerprint density at radius 1 is 1.31 bits per heavy atom. The second-order valence-corrected chi connectivity index (χ2v) is 4.80. The number of rotatable bonds is 1. The van der Waals surface area contributed by atoms with E-state index in [1.54, 1.807) is 20.8 Å². The summed E-state index contributed by atoms with van der Waals surface area (Å²) >= 11 is 0. The molecule has 92 valence electrons. The Morgan fingerprint density at radius 3 is 2.50 bits per heavy atom. The summed E-state index contributed by atoms with van der Waals surface area (Å²) in [7, 11) is 0. The zero-order valence-corrected chi connectivity index (χ0v) is 9.95. The Labute approximate surface area is 95.0 Å². The number of carbonyl (C=O) groups excluding carboxylic acids is 2. The number of hydrogen-bond donors (Lipinski definition) is 0. The molecule has 0 aromatic carbocycles. The summed E-state index contributed by atoms with van der Waals surface area (Å²) in [6.07, 6.45) is 0.568. The van der Waals surface area contributed by atoms with Crippen molar-refractivity contribution in [1.82, 2.24) is 0 Å². The zero-order valence-electron chi connectivity index (χ0n) is 9.95. The van der Waals surface area contributed by atoms with E-state index >= 15 is 0 Å². The van der Waals surface area contributed by atoms with Crippen LogP contribution in [0.3, 0.4) is 0 Å². The minimum Gasteiger partial charge on any atom is -0.428 e. The van der Waals surface area contributed by atoms with E-state index in [1.807, 2.05) is 0 Å². The van der Waals surface area contributed by atoms with Crippen LogP contribution in [0.1, 0.15) is 33.6 Å². The van der Waals surface area contributed by atoms with E-state index in [1.165, 1.54) is 0 Å². The molecule has 0 saturated carbocycles. The molecule has 0 bridgehead atoms. The third-order valence-electron chi connectivity index (χ3n) is 2.07. The molecule has 0 radical (unpaired) electrons. The lowest BCUT2D eigenvalue weighted by Crippen LogP contribution is -2.31. The molecule has 0 aromatic heterocycles. The van der Waals surface area contributed by atoms with E-state index in [-0.39, 0.29) is 5.92 Å². The standard InChI is InChI=1S/C11H18O5/c1-11(2,3)16-10(13)15-9(12)8-5-4-6-14-7-8/h8H,4-7H2,1-3H3. The lowest BCUT2D eigenvalue weighted by molar-refractivity contribution is -0.150. The van der Waals surface area contributed by atoms with Gasteiger partial charge in [-0.05, 0) is 33.6 Å². The third-order valence-corrected chi connectivity index (χ3v) is 2.07. The second-order valence-electron chi connectivity index (χ2n) is 4.80. The molecule has 1 unspecified atom stereocenters. The SMILES string of the molecule is CC(C)(C)OC(=O)OC(=O)C1CCCOC1. The second kappa shape index (κ2) is 5.30. The van der Waals surface area contributed by atoms with E-state index in [4.69, 9.17) is 9.47 Å². The van der Waals surface area contributed by atoms with Crippen LogP contribution in [0.15, 0.2) is 0 Å². The Balaban J connectivity index is 2.35. The summed E-state index contributed by atoms with van der Waals surface area (Å²) in [5.74, 6) is -0.907. The molecule has 0 aliphatic carbocycles. The first-order chi connectivity index (χ1) is 7.38. The summed E-state index contributed by atoms with van der Waals surface area (Å²) in [5.41, 5.74) is -0.652. The number of carbonyl (C=O) groups is 2. The maximum atomic E-state index is 11.5.